The predicted octanol–water partition coefficient (Wildman–Crippen LogP) is -0.0889. The van der Waals surface area contributed by atoms with E-state index in [9.17, 15) is 22.0 Å². The molecule has 0 saturated carbocycles. The number of anilines is 1. The van der Waals surface area contributed by atoms with Crippen LogP contribution < -0.4 is 16.2 Å². The van der Waals surface area contributed by atoms with Crippen molar-refractivity contribution in [2.24, 2.45) is 5.73 Å². The second-order valence-corrected chi connectivity index (χ2v) is 5.10. The molecule has 0 fully saturated rings. The summed E-state index contributed by atoms with van der Waals surface area (Å²) < 4.78 is 48.8. The maximum absolute atomic E-state index is 11.9. The van der Waals surface area contributed by atoms with Crippen molar-refractivity contribution in [2.45, 2.75) is 11.3 Å². The minimum atomic E-state index is -4.14. The number of halogens is 2. The third-order valence-electron chi connectivity index (χ3n) is 2.01. The summed E-state index contributed by atoms with van der Waals surface area (Å²) in [6, 6.07) is 3.25. The maximum Gasteiger partial charge on any atom is 0.251 e. The van der Waals surface area contributed by atoms with E-state index in [0.29, 0.717) is 0 Å². The average molecular weight is 279 g/mol. The average Bonchev–Trinajstić information content (AvgIpc) is 2.26. The molecule has 0 atom stereocenters. The molecule has 100 valence electrons. The molecule has 1 aromatic rings. The monoisotopic (exact) mass is 279 g/mol. The SMILES string of the molecule is NC(=O)c1ccc(S(=O)(=O)NCC(F)F)c(N)c1. The fourth-order valence-corrected chi connectivity index (χ4v) is 2.31. The number of benzene rings is 1. The number of hydrogen-bond acceptors (Lipinski definition) is 4. The Balaban J connectivity index is 3.06. The van der Waals surface area contributed by atoms with Crippen LogP contribution in [-0.2, 0) is 10.0 Å². The molecule has 5 N–H and O–H groups in total. The highest BCUT2D eigenvalue weighted by Crippen LogP contribution is 2.19. The minimum Gasteiger partial charge on any atom is -0.398 e. The van der Waals surface area contributed by atoms with Crippen molar-refractivity contribution in [2.75, 3.05) is 12.3 Å². The molecular weight excluding hydrogens is 268 g/mol. The first-order valence-corrected chi connectivity index (χ1v) is 6.19. The van der Waals surface area contributed by atoms with Gasteiger partial charge in [0.2, 0.25) is 15.9 Å². The standard InChI is InChI=1S/C9H11F2N3O3S/c10-8(11)4-14-18(16,17)7-2-1-5(9(13)15)3-6(7)12/h1-3,8,14H,4,12H2,(H2,13,15). The first-order valence-electron chi connectivity index (χ1n) is 4.71. The van der Waals surface area contributed by atoms with E-state index in [4.69, 9.17) is 11.5 Å². The number of nitrogens with two attached hydrogens (primary N) is 2. The number of nitrogens with one attached hydrogen (secondary N) is 1. The van der Waals surface area contributed by atoms with Crippen LogP contribution in [0.2, 0.25) is 0 Å². The summed E-state index contributed by atoms with van der Waals surface area (Å²) in [6.07, 6.45) is -2.81. The van der Waals surface area contributed by atoms with E-state index >= 15 is 0 Å². The number of alkyl halides is 2. The molecule has 0 aliphatic rings. The predicted molar refractivity (Wildman–Crippen MR) is 60.6 cm³/mol. The van der Waals surface area contributed by atoms with Crippen molar-refractivity contribution in [1.29, 1.82) is 0 Å². The summed E-state index contributed by atoms with van der Waals surface area (Å²) >= 11 is 0. The lowest BCUT2D eigenvalue weighted by atomic mass is 10.2. The third kappa shape index (κ3) is 3.37. The molecule has 0 unspecified atom stereocenters. The van der Waals surface area contributed by atoms with Gasteiger partial charge >= 0.3 is 0 Å². The molecule has 0 saturated heterocycles. The Labute approximate surface area is 102 Å². The molecule has 9 heteroatoms. The van der Waals surface area contributed by atoms with Crippen molar-refractivity contribution in [1.82, 2.24) is 4.72 Å². The van der Waals surface area contributed by atoms with Gasteiger partial charge in [0.1, 0.15) is 4.90 Å². The van der Waals surface area contributed by atoms with E-state index in [1.165, 1.54) is 0 Å². The molecule has 0 aliphatic carbocycles. The van der Waals surface area contributed by atoms with E-state index in [0.717, 1.165) is 18.2 Å². The quantitative estimate of drug-likeness (QED) is 0.653. The summed E-state index contributed by atoms with van der Waals surface area (Å²) in [5.41, 5.74) is 10.2. The Hall–Kier alpha value is -1.74. The van der Waals surface area contributed by atoms with Crippen LogP contribution in [0.25, 0.3) is 0 Å². The van der Waals surface area contributed by atoms with Crippen LogP contribution in [-0.4, -0.2) is 27.3 Å². The maximum atomic E-state index is 11.9. The number of carbonyl (C=O) groups is 1. The Morgan fingerprint density at radius 2 is 2.00 bits per heavy atom. The van der Waals surface area contributed by atoms with Crippen molar-refractivity contribution in [3.05, 3.63) is 23.8 Å². The summed E-state index contributed by atoms with van der Waals surface area (Å²) in [7, 11) is -4.14. The fraction of sp³-hybridized carbons (Fsp3) is 0.222. The van der Waals surface area contributed by atoms with Gasteiger partial charge in [0.15, 0.2) is 0 Å². The normalized spacial score (nSPS) is 11.7. The Kier molecular flexibility index (Phi) is 4.19. The molecular formula is C9H11F2N3O3S. The molecule has 0 aliphatic heterocycles. The van der Waals surface area contributed by atoms with Crippen LogP contribution in [0, 0.1) is 0 Å². The van der Waals surface area contributed by atoms with Gasteiger partial charge in [0.05, 0.1) is 12.2 Å². The first-order chi connectivity index (χ1) is 8.24. The lowest BCUT2D eigenvalue weighted by Crippen LogP contribution is -2.29. The Morgan fingerprint density at radius 3 is 2.44 bits per heavy atom. The van der Waals surface area contributed by atoms with Crippen molar-refractivity contribution >= 4 is 21.6 Å². The zero-order valence-corrected chi connectivity index (χ0v) is 9.88. The van der Waals surface area contributed by atoms with Crippen molar-refractivity contribution < 1.29 is 22.0 Å². The highest BCUT2D eigenvalue weighted by atomic mass is 32.2. The van der Waals surface area contributed by atoms with Gasteiger partial charge in [-0.15, -0.1) is 0 Å². The molecule has 1 amide bonds. The number of sulfonamides is 1. The van der Waals surface area contributed by atoms with Gasteiger partial charge in [-0.05, 0) is 18.2 Å². The lowest BCUT2D eigenvalue weighted by molar-refractivity contribution is 0.1000. The van der Waals surface area contributed by atoms with E-state index in [-0.39, 0.29) is 16.1 Å². The Bertz CT molecular complexity index is 560. The smallest absolute Gasteiger partial charge is 0.251 e. The van der Waals surface area contributed by atoms with E-state index in [2.05, 4.69) is 0 Å². The van der Waals surface area contributed by atoms with Crippen molar-refractivity contribution in [3.8, 4) is 0 Å². The largest absolute Gasteiger partial charge is 0.398 e. The third-order valence-corrected chi connectivity index (χ3v) is 3.51. The van der Waals surface area contributed by atoms with Crippen LogP contribution in [0.15, 0.2) is 23.1 Å². The van der Waals surface area contributed by atoms with Crippen molar-refractivity contribution in [3.63, 3.8) is 0 Å². The van der Waals surface area contributed by atoms with Gasteiger partial charge in [-0.25, -0.2) is 21.9 Å². The second-order valence-electron chi connectivity index (χ2n) is 3.36. The highest BCUT2D eigenvalue weighted by molar-refractivity contribution is 7.89. The van der Waals surface area contributed by atoms with Gasteiger partial charge in [0.25, 0.3) is 6.43 Å². The Morgan fingerprint density at radius 1 is 1.39 bits per heavy atom. The van der Waals surface area contributed by atoms with E-state index in [1.54, 1.807) is 4.72 Å². The lowest BCUT2D eigenvalue weighted by Gasteiger charge is -2.09. The van der Waals surface area contributed by atoms with Gasteiger partial charge < -0.3 is 11.5 Å². The number of nitrogen functional groups attached to an aromatic ring is 1. The number of hydrogen-bond donors (Lipinski definition) is 3. The van der Waals surface area contributed by atoms with Gasteiger partial charge in [-0.2, -0.15) is 0 Å². The molecule has 0 aromatic heterocycles. The second kappa shape index (κ2) is 5.27. The minimum absolute atomic E-state index is 0.0281. The molecule has 1 rings (SSSR count). The molecule has 6 nitrogen and oxygen atoms in total. The summed E-state index contributed by atoms with van der Waals surface area (Å²) in [6.45, 7) is -1.01. The topological polar surface area (TPSA) is 115 Å². The van der Waals surface area contributed by atoms with E-state index in [1.807, 2.05) is 0 Å². The molecule has 0 heterocycles. The molecule has 0 bridgehead atoms. The zero-order chi connectivity index (χ0) is 13.9. The van der Waals surface area contributed by atoms with E-state index < -0.39 is 28.9 Å². The van der Waals surface area contributed by atoms with Crippen LogP contribution in [0.4, 0.5) is 14.5 Å². The summed E-state index contributed by atoms with van der Waals surface area (Å²) in [5, 5.41) is 0. The summed E-state index contributed by atoms with van der Waals surface area (Å²) in [4.78, 5) is 10.5. The molecule has 0 radical (unpaired) electrons. The zero-order valence-electron chi connectivity index (χ0n) is 9.06. The van der Waals surface area contributed by atoms with Gasteiger partial charge in [-0.3, -0.25) is 4.79 Å². The van der Waals surface area contributed by atoms with Crippen LogP contribution in [0.3, 0.4) is 0 Å². The number of amides is 1. The number of primary amides is 1. The van der Waals surface area contributed by atoms with Gasteiger partial charge in [-0.1, -0.05) is 0 Å². The highest BCUT2D eigenvalue weighted by Gasteiger charge is 2.19. The van der Waals surface area contributed by atoms with Crippen LogP contribution in [0.1, 0.15) is 10.4 Å². The van der Waals surface area contributed by atoms with Crippen LogP contribution in [0.5, 0.6) is 0 Å². The van der Waals surface area contributed by atoms with Gasteiger partial charge in [0, 0.05) is 5.56 Å². The fourth-order valence-electron chi connectivity index (χ4n) is 1.20. The number of rotatable bonds is 5. The molecule has 0 spiro atoms. The van der Waals surface area contributed by atoms with Crippen LogP contribution >= 0.6 is 0 Å². The molecule has 1 aromatic carbocycles. The first kappa shape index (κ1) is 14.3. The number of carbonyl (C=O) groups excluding carboxylic acids is 1. The summed E-state index contributed by atoms with van der Waals surface area (Å²) in [5.74, 6) is -0.772. The molecule has 18 heavy (non-hydrogen) atoms.